The third-order valence-corrected chi connectivity index (χ3v) is 2.95. The SMILES string of the molecule is CC(NC(=O)COc1ccccc1[N+](=O)[O-])C(C)C(=O)O. The van der Waals surface area contributed by atoms with E-state index < -0.39 is 35.4 Å². The number of benzene rings is 1. The summed E-state index contributed by atoms with van der Waals surface area (Å²) in [6, 6.07) is 5.11. The Morgan fingerprint density at radius 3 is 2.57 bits per heavy atom. The van der Waals surface area contributed by atoms with Crippen molar-refractivity contribution in [3.63, 3.8) is 0 Å². The molecule has 1 aromatic rings. The summed E-state index contributed by atoms with van der Waals surface area (Å²) in [5.74, 6) is -2.34. The number of hydrogen-bond donors (Lipinski definition) is 2. The van der Waals surface area contributed by atoms with E-state index in [-0.39, 0.29) is 11.4 Å². The number of rotatable bonds is 7. The molecule has 1 aromatic carbocycles. The number of carboxylic acid groups (broad SMARTS) is 1. The second kappa shape index (κ2) is 7.22. The molecule has 8 nitrogen and oxygen atoms in total. The topological polar surface area (TPSA) is 119 Å². The molecule has 0 aliphatic carbocycles. The van der Waals surface area contributed by atoms with Crippen LogP contribution in [0, 0.1) is 16.0 Å². The van der Waals surface area contributed by atoms with Crippen LogP contribution in [0.25, 0.3) is 0 Å². The summed E-state index contributed by atoms with van der Waals surface area (Å²) in [5, 5.41) is 22.0. The summed E-state index contributed by atoms with van der Waals surface area (Å²) in [6.07, 6.45) is 0. The van der Waals surface area contributed by atoms with Crippen LogP contribution < -0.4 is 10.1 Å². The lowest BCUT2D eigenvalue weighted by Crippen LogP contribution is -2.42. The van der Waals surface area contributed by atoms with Crippen LogP contribution in [-0.4, -0.2) is 34.6 Å². The van der Waals surface area contributed by atoms with Crippen LogP contribution >= 0.6 is 0 Å². The molecule has 0 fully saturated rings. The first-order valence-corrected chi connectivity index (χ1v) is 6.21. The van der Waals surface area contributed by atoms with Gasteiger partial charge in [0.1, 0.15) is 0 Å². The van der Waals surface area contributed by atoms with Crippen molar-refractivity contribution >= 4 is 17.6 Å². The van der Waals surface area contributed by atoms with Gasteiger partial charge in [-0.15, -0.1) is 0 Å². The molecule has 0 spiro atoms. The molecule has 0 aliphatic heterocycles. The Morgan fingerprint density at radius 2 is 2.00 bits per heavy atom. The van der Waals surface area contributed by atoms with Crippen LogP contribution in [0.5, 0.6) is 5.75 Å². The van der Waals surface area contributed by atoms with Crippen LogP contribution in [0.3, 0.4) is 0 Å². The number of hydrogen-bond acceptors (Lipinski definition) is 5. The largest absolute Gasteiger partial charge is 0.481 e. The molecule has 2 atom stereocenters. The minimum Gasteiger partial charge on any atom is -0.481 e. The van der Waals surface area contributed by atoms with Crippen LogP contribution in [0.1, 0.15) is 13.8 Å². The lowest BCUT2D eigenvalue weighted by atomic mass is 10.0. The molecule has 21 heavy (non-hydrogen) atoms. The van der Waals surface area contributed by atoms with E-state index in [0.29, 0.717) is 0 Å². The third kappa shape index (κ3) is 4.75. The molecule has 0 bridgehead atoms. The molecule has 0 radical (unpaired) electrons. The van der Waals surface area contributed by atoms with Gasteiger partial charge in [0.2, 0.25) is 0 Å². The number of ether oxygens (including phenoxy) is 1. The predicted octanol–water partition coefficient (Wildman–Crippen LogP) is 1.20. The maximum Gasteiger partial charge on any atom is 0.310 e. The van der Waals surface area contributed by atoms with Crippen LogP contribution in [0.15, 0.2) is 24.3 Å². The van der Waals surface area contributed by atoms with Crippen molar-refractivity contribution < 1.29 is 24.4 Å². The van der Waals surface area contributed by atoms with E-state index >= 15 is 0 Å². The fraction of sp³-hybridized carbons (Fsp3) is 0.385. The minimum atomic E-state index is -1.03. The highest BCUT2D eigenvalue weighted by atomic mass is 16.6. The van der Waals surface area contributed by atoms with E-state index in [2.05, 4.69) is 5.32 Å². The number of carboxylic acids is 1. The fourth-order valence-corrected chi connectivity index (χ4v) is 1.51. The second-order valence-corrected chi connectivity index (χ2v) is 4.50. The van der Waals surface area contributed by atoms with Gasteiger partial charge in [0.25, 0.3) is 5.91 Å². The van der Waals surface area contributed by atoms with Gasteiger partial charge in [0.05, 0.1) is 10.8 Å². The van der Waals surface area contributed by atoms with Gasteiger partial charge in [-0.25, -0.2) is 0 Å². The molecule has 0 saturated heterocycles. The van der Waals surface area contributed by atoms with E-state index in [1.807, 2.05) is 0 Å². The molecule has 1 rings (SSSR count). The van der Waals surface area contributed by atoms with Gasteiger partial charge in [0, 0.05) is 12.1 Å². The molecule has 0 heterocycles. The number of para-hydroxylation sites is 2. The van der Waals surface area contributed by atoms with Gasteiger partial charge >= 0.3 is 11.7 Å². The van der Waals surface area contributed by atoms with Crippen LogP contribution in [0.4, 0.5) is 5.69 Å². The Bertz CT molecular complexity index is 545. The minimum absolute atomic E-state index is 0.0170. The average molecular weight is 296 g/mol. The second-order valence-electron chi connectivity index (χ2n) is 4.50. The molecule has 0 aliphatic rings. The van der Waals surface area contributed by atoms with Gasteiger partial charge in [0.15, 0.2) is 12.4 Å². The summed E-state index contributed by atoms with van der Waals surface area (Å²) in [6.45, 7) is 2.60. The average Bonchev–Trinajstić information content (AvgIpc) is 2.44. The first kappa shape index (κ1) is 16.4. The van der Waals surface area contributed by atoms with Crippen molar-refractivity contribution in [2.75, 3.05) is 6.61 Å². The smallest absolute Gasteiger partial charge is 0.310 e. The van der Waals surface area contributed by atoms with E-state index in [4.69, 9.17) is 9.84 Å². The number of nitrogens with zero attached hydrogens (tertiary/aromatic N) is 1. The Labute approximate surface area is 120 Å². The van der Waals surface area contributed by atoms with Gasteiger partial charge < -0.3 is 15.2 Å². The monoisotopic (exact) mass is 296 g/mol. The molecular formula is C13H16N2O6. The number of aliphatic carboxylic acids is 1. The maximum absolute atomic E-state index is 11.6. The molecule has 2 unspecified atom stereocenters. The third-order valence-electron chi connectivity index (χ3n) is 2.95. The Morgan fingerprint density at radius 1 is 1.38 bits per heavy atom. The number of nitrogens with one attached hydrogen (secondary N) is 1. The van der Waals surface area contributed by atoms with Crippen molar-refractivity contribution in [2.45, 2.75) is 19.9 Å². The quantitative estimate of drug-likeness (QED) is 0.576. The molecule has 114 valence electrons. The van der Waals surface area contributed by atoms with Crippen LogP contribution in [-0.2, 0) is 9.59 Å². The van der Waals surface area contributed by atoms with Crippen molar-refractivity contribution in [3.05, 3.63) is 34.4 Å². The zero-order chi connectivity index (χ0) is 16.0. The number of carbonyl (C=O) groups excluding carboxylic acids is 1. The molecule has 8 heteroatoms. The molecule has 0 saturated carbocycles. The van der Waals surface area contributed by atoms with Crippen LogP contribution in [0.2, 0.25) is 0 Å². The van der Waals surface area contributed by atoms with Crippen molar-refractivity contribution in [2.24, 2.45) is 5.92 Å². The Hall–Kier alpha value is -2.64. The van der Waals surface area contributed by atoms with E-state index in [0.717, 1.165) is 0 Å². The van der Waals surface area contributed by atoms with Gasteiger partial charge in [-0.3, -0.25) is 19.7 Å². The summed E-state index contributed by atoms with van der Waals surface area (Å²) in [5.41, 5.74) is -0.239. The number of amides is 1. The van der Waals surface area contributed by atoms with E-state index in [9.17, 15) is 19.7 Å². The van der Waals surface area contributed by atoms with Gasteiger partial charge in [-0.2, -0.15) is 0 Å². The summed E-state index contributed by atoms with van der Waals surface area (Å²) in [7, 11) is 0. The lowest BCUT2D eigenvalue weighted by Gasteiger charge is -2.17. The number of nitro benzene ring substituents is 1. The van der Waals surface area contributed by atoms with E-state index in [1.165, 1.54) is 25.1 Å². The zero-order valence-corrected chi connectivity index (χ0v) is 11.6. The normalized spacial score (nSPS) is 13.0. The standard InChI is InChI=1S/C13H16N2O6/c1-8(13(17)18)9(2)14-12(16)7-21-11-6-4-3-5-10(11)15(19)20/h3-6,8-9H,7H2,1-2H3,(H,14,16)(H,17,18). The fourth-order valence-electron chi connectivity index (χ4n) is 1.51. The van der Waals surface area contributed by atoms with Gasteiger partial charge in [-0.1, -0.05) is 12.1 Å². The van der Waals surface area contributed by atoms with E-state index in [1.54, 1.807) is 13.0 Å². The summed E-state index contributed by atoms with van der Waals surface area (Å²) >= 11 is 0. The highest BCUT2D eigenvalue weighted by Gasteiger charge is 2.21. The van der Waals surface area contributed by atoms with Gasteiger partial charge in [-0.05, 0) is 19.9 Å². The zero-order valence-electron chi connectivity index (χ0n) is 11.6. The summed E-state index contributed by atoms with van der Waals surface area (Å²) < 4.78 is 5.10. The maximum atomic E-state index is 11.6. The molecule has 0 aromatic heterocycles. The van der Waals surface area contributed by atoms with Crippen molar-refractivity contribution in [1.82, 2.24) is 5.32 Å². The Kier molecular flexibility index (Phi) is 5.65. The molecule has 1 amide bonds. The molecule has 2 N–H and O–H groups in total. The number of nitro groups is 1. The van der Waals surface area contributed by atoms with Crippen molar-refractivity contribution in [3.8, 4) is 5.75 Å². The summed E-state index contributed by atoms with van der Waals surface area (Å²) in [4.78, 5) is 32.6. The molecular weight excluding hydrogens is 280 g/mol. The highest BCUT2D eigenvalue weighted by molar-refractivity contribution is 5.79. The first-order chi connectivity index (χ1) is 9.82. The lowest BCUT2D eigenvalue weighted by molar-refractivity contribution is -0.385. The Balaban J connectivity index is 2.58. The first-order valence-electron chi connectivity index (χ1n) is 6.21. The highest BCUT2D eigenvalue weighted by Crippen LogP contribution is 2.25. The van der Waals surface area contributed by atoms with Crippen molar-refractivity contribution in [1.29, 1.82) is 0 Å². The predicted molar refractivity (Wildman–Crippen MR) is 73.0 cm³/mol. The number of carbonyl (C=O) groups is 2.